The summed E-state index contributed by atoms with van der Waals surface area (Å²) in [4.78, 5) is 38.3. The summed E-state index contributed by atoms with van der Waals surface area (Å²) >= 11 is 0. The molecule has 0 spiro atoms. The largest absolute Gasteiger partial charge is 0.329 e. The van der Waals surface area contributed by atoms with E-state index in [9.17, 15) is 14.4 Å². The molecule has 3 rings (SSSR count). The van der Waals surface area contributed by atoms with E-state index < -0.39 is 11.9 Å². The molecule has 1 fully saturated rings. The van der Waals surface area contributed by atoms with Crippen molar-refractivity contribution in [3.05, 3.63) is 70.3 Å². The molecule has 2 heterocycles. The second kappa shape index (κ2) is 7.26. The third-order valence-corrected chi connectivity index (χ3v) is 4.18. The van der Waals surface area contributed by atoms with E-state index in [0.29, 0.717) is 29.8 Å². The maximum absolute atomic E-state index is 12.8. The summed E-state index contributed by atoms with van der Waals surface area (Å²) in [6.07, 6.45) is 4.18. The highest BCUT2D eigenvalue weighted by Crippen LogP contribution is 2.16. The molecule has 1 aromatic carbocycles. The van der Waals surface area contributed by atoms with E-state index in [4.69, 9.17) is 0 Å². The first kappa shape index (κ1) is 17.5. The molecule has 7 nitrogen and oxygen atoms in total. The number of carbonyl (C=O) groups excluding carboxylic acids is 2. The molecule has 1 aliphatic heterocycles. The van der Waals surface area contributed by atoms with Gasteiger partial charge in [0.05, 0.1) is 11.3 Å². The lowest BCUT2D eigenvalue weighted by molar-refractivity contribution is -0.122. The number of urea groups is 1. The number of H-pyrrole nitrogens is 1. The van der Waals surface area contributed by atoms with Crippen molar-refractivity contribution in [1.29, 1.82) is 0 Å². The molecule has 0 unspecified atom stereocenters. The summed E-state index contributed by atoms with van der Waals surface area (Å²) in [5.74, 6) is -0.439. The fourth-order valence-corrected chi connectivity index (χ4v) is 2.81. The van der Waals surface area contributed by atoms with Crippen molar-refractivity contribution >= 4 is 18.0 Å². The number of benzene rings is 1. The van der Waals surface area contributed by atoms with E-state index in [1.54, 1.807) is 6.08 Å². The van der Waals surface area contributed by atoms with Gasteiger partial charge in [0, 0.05) is 12.2 Å². The molecule has 0 radical (unpaired) electrons. The van der Waals surface area contributed by atoms with Gasteiger partial charge < -0.3 is 5.32 Å². The van der Waals surface area contributed by atoms with Crippen molar-refractivity contribution < 1.29 is 9.59 Å². The van der Waals surface area contributed by atoms with E-state index in [2.05, 4.69) is 17.0 Å². The molecular weight excluding hydrogens is 332 g/mol. The highest BCUT2D eigenvalue weighted by atomic mass is 16.2. The number of nitrogens with zero attached hydrogens (tertiary/aromatic N) is 2. The van der Waals surface area contributed by atoms with E-state index in [1.165, 1.54) is 10.8 Å². The molecule has 1 saturated heterocycles. The molecule has 7 heteroatoms. The van der Waals surface area contributed by atoms with Crippen molar-refractivity contribution in [2.45, 2.75) is 19.8 Å². The first-order chi connectivity index (χ1) is 12.6. The monoisotopic (exact) mass is 352 g/mol. The molecule has 26 heavy (non-hydrogen) atoms. The van der Waals surface area contributed by atoms with Crippen LogP contribution < -0.4 is 10.9 Å². The number of nitrogens with one attached hydrogen (secondary N) is 2. The van der Waals surface area contributed by atoms with Crippen LogP contribution in [0.1, 0.15) is 24.6 Å². The maximum Gasteiger partial charge on any atom is 0.329 e. The number of amides is 3. The average Bonchev–Trinajstić information content (AvgIpc) is 3.11. The highest BCUT2D eigenvalue weighted by Gasteiger charge is 2.33. The lowest BCUT2D eigenvalue weighted by atomic mass is 10.1. The van der Waals surface area contributed by atoms with Crippen molar-refractivity contribution in [3.63, 3.8) is 0 Å². The highest BCUT2D eigenvalue weighted by molar-refractivity contribution is 6.14. The number of aryl methyl sites for hydroxylation is 1. The molecular formula is C19H20N4O3. The molecule has 1 aromatic heterocycles. The van der Waals surface area contributed by atoms with Crippen molar-refractivity contribution in [3.8, 4) is 5.69 Å². The number of carbonyl (C=O) groups is 2. The van der Waals surface area contributed by atoms with Gasteiger partial charge in [-0.25, -0.2) is 9.48 Å². The fraction of sp³-hybridized carbons (Fsp3) is 0.211. The third-order valence-electron chi connectivity index (χ3n) is 4.18. The van der Waals surface area contributed by atoms with Crippen LogP contribution in [0.25, 0.3) is 11.8 Å². The van der Waals surface area contributed by atoms with Gasteiger partial charge in [-0.1, -0.05) is 31.2 Å². The van der Waals surface area contributed by atoms with E-state index in [-0.39, 0.29) is 17.8 Å². The second-order valence-corrected chi connectivity index (χ2v) is 5.86. The van der Waals surface area contributed by atoms with E-state index in [0.717, 1.165) is 4.90 Å². The van der Waals surface area contributed by atoms with Gasteiger partial charge in [0.1, 0.15) is 5.70 Å². The Morgan fingerprint density at radius 2 is 1.88 bits per heavy atom. The average molecular weight is 352 g/mol. The van der Waals surface area contributed by atoms with E-state index in [1.807, 2.05) is 37.3 Å². The quantitative estimate of drug-likeness (QED) is 0.475. The Hall–Kier alpha value is -3.35. The topological polar surface area (TPSA) is 87.2 Å². The van der Waals surface area contributed by atoms with Gasteiger partial charge in [0.2, 0.25) is 0 Å². The summed E-state index contributed by atoms with van der Waals surface area (Å²) < 4.78 is 1.43. The Bertz CT molecular complexity index is 937. The Balaban J connectivity index is 2.00. The lowest BCUT2D eigenvalue weighted by Gasteiger charge is -2.08. The summed E-state index contributed by atoms with van der Waals surface area (Å²) in [6.45, 7) is 5.76. The third kappa shape index (κ3) is 3.11. The van der Waals surface area contributed by atoms with Crippen LogP contribution in [0.2, 0.25) is 0 Å². The zero-order valence-electron chi connectivity index (χ0n) is 14.5. The maximum atomic E-state index is 12.8. The summed E-state index contributed by atoms with van der Waals surface area (Å²) in [6, 6.07) is 8.68. The van der Waals surface area contributed by atoms with Crippen LogP contribution in [0.15, 0.2) is 53.5 Å². The molecule has 3 amide bonds. The number of imide groups is 1. The van der Waals surface area contributed by atoms with Crippen LogP contribution >= 0.6 is 0 Å². The molecule has 0 bridgehead atoms. The Kier molecular flexibility index (Phi) is 4.88. The van der Waals surface area contributed by atoms with Crippen LogP contribution in [0.4, 0.5) is 4.79 Å². The SMILES string of the molecule is C=CCCN1C(=O)N/C(=C\c2c(CC)[nH]n(-c3ccccc3)c2=O)C1=O. The molecule has 2 aromatic rings. The van der Waals surface area contributed by atoms with Gasteiger partial charge >= 0.3 is 6.03 Å². The zero-order valence-corrected chi connectivity index (χ0v) is 14.5. The predicted octanol–water partition coefficient (Wildman–Crippen LogP) is 2.20. The van der Waals surface area contributed by atoms with Gasteiger partial charge in [-0.05, 0) is 31.1 Å². The molecule has 0 aliphatic carbocycles. The smallest absolute Gasteiger partial charge is 0.303 e. The molecule has 1 aliphatic rings. The Morgan fingerprint density at radius 3 is 2.54 bits per heavy atom. The first-order valence-corrected chi connectivity index (χ1v) is 8.41. The number of aromatic amines is 1. The molecule has 2 N–H and O–H groups in total. The van der Waals surface area contributed by atoms with E-state index >= 15 is 0 Å². The minimum Gasteiger partial charge on any atom is -0.303 e. The second-order valence-electron chi connectivity index (χ2n) is 5.86. The lowest BCUT2D eigenvalue weighted by Crippen LogP contribution is -2.31. The standard InChI is InChI=1S/C19H20N4O3/c1-3-5-11-22-18(25)16(20-19(22)26)12-14-15(4-2)21-23(17(14)24)13-9-7-6-8-10-13/h3,6-10,12,21H,1,4-5,11H2,2H3,(H,20,26)/b16-12-. The molecule has 0 saturated carbocycles. The summed E-state index contributed by atoms with van der Waals surface area (Å²) in [5.41, 5.74) is 1.59. The normalized spacial score (nSPS) is 15.6. The molecule has 134 valence electrons. The van der Waals surface area contributed by atoms with Crippen molar-refractivity contribution in [2.75, 3.05) is 6.54 Å². The predicted molar refractivity (Wildman–Crippen MR) is 98.8 cm³/mol. The minimum absolute atomic E-state index is 0.102. The van der Waals surface area contributed by atoms with Gasteiger partial charge in [-0.3, -0.25) is 19.6 Å². The van der Waals surface area contributed by atoms with Crippen LogP contribution in [0, 0.1) is 0 Å². The number of hydrogen-bond donors (Lipinski definition) is 2. The zero-order chi connectivity index (χ0) is 18.7. The van der Waals surface area contributed by atoms with Gasteiger partial charge in [0.15, 0.2) is 0 Å². The van der Waals surface area contributed by atoms with Crippen LogP contribution in [-0.2, 0) is 11.2 Å². The number of para-hydroxylation sites is 1. The van der Waals surface area contributed by atoms with Crippen LogP contribution in [0.3, 0.4) is 0 Å². The van der Waals surface area contributed by atoms with Gasteiger partial charge in [0.25, 0.3) is 11.5 Å². The van der Waals surface area contributed by atoms with Gasteiger partial charge in [-0.15, -0.1) is 6.58 Å². The Morgan fingerprint density at radius 1 is 1.15 bits per heavy atom. The minimum atomic E-state index is -0.486. The van der Waals surface area contributed by atoms with Crippen LogP contribution in [0.5, 0.6) is 0 Å². The number of aromatic nitrogens is 2. The number of rotatable bonds is 6. The Labute approximate surface area is 150 Å². The van der Waals surface area contributed by atoms with Crippen molar-refractivity contribution in [2.24, 2.45) is 0 Å². The fourth-order valence-electron chi connectivity index (χ4n) is 2.81. The summed E-state index contributed by atoms with van der Waals surface area (Å²) in [5, 5.41) is 5.61. The molecule has 0 atom stereocenters. The van der Waals surface area contributed by atoms with Crippen molar-refractivity contribution in [1.82, 2.24) is 20.0 Å². The summed E-state index contributed by atoms with van der Waals surface area (Å²) in [7, 11) is 0. The van der Waals surface area contributed by atoms with Gasteiger partial charge in [-0.2, -0.15) is 0 Å². The van der Waals surface area contributed by atoms with Crippen LogP contribution in [-0.4, -0.2) is 33.2 Å². The number of hydrogen-bond acceptors (Lipinski definition) is 3. The first-order valence-electron chi connectivity index (χ1n) is 8.41.